The third kappa shape index (κ3) is 6.76. The van der Waals surface area contributed by atoms with Crippen molar-refractivity contribution in [3.63, 3.8) is 0 Å². The number of ether oxygens (including phenoxy) is 2. The van der Waals surface area contributed by atoms with Crippen LogP contribution in [0.25, 0.3) is 0 Å². The van der Waals surface area contributed by atoms with E-state index in [1.165, 1.54) is 40.1 Å². The van der Waals surface area contributed by atoms with Crippen LogP contribution in [0.1, 0.15) is 65.5 Å². The third-order valence-corrected chi connectivity index (χ3v) is 9.22. The van der Waals surface area contributed by atoms with E-state index in [4.69, 9.17) is 32.7 Å². The maximum Gasteiger partial charge on any atom is 0.408 e. The predicted molar refractivity (Wildman–Crippen MR) is 149 cm³/mol. The molecule has 0 spiro atoms. The van der Waals surface area contributed by atoms with E-state index in [9.17, 15) is 27.5 Å². The molecule has 1 N–H and O–H groups in total. The van der Waals surface area contributed by atoms with Crippen LogP contribution in [0.15, 0.2) is 30.3 Å². The third-order valence-electron chi connectivity index (χ3n) is 8.78. The zero-order chi connectivity index (χ0) is 30.6. The lowest BCUT2D eigenvalue weighted by Crippen LogP contribution is -2.43. The van der Waals surface area contributed by atoms with Gasteiger partial charge >= 0.3 is 6.18 Å². The molecular formula is C30H31Cl2F5N2O4. The highest BCUT2D eigenvalue weighted by atomic mass is 35.5. The van der Waals surface area contributed by atoms with Crippen molar-refractivity contribution in [2.75, 3.05) is 26.2 Å². The van der Waals surface area contributed by atoms with Crippen molar-refractivity contribution in [3.05, 3.63) is 62.9 Å². The molecule has 4 fully saturated rings. The average molecular weight is 649 g/mol. The first-order chi connectivity index (χ1) is 20.4. The van der Waals surface area contributed by atoms with Crippen LogP contribution < -0.4 is 4.74 Å². The number of nitrogens with zero attached hydrogens (tertiary/aromatic N) is 2. The van der Waals surface area contributed by atoms with Crippen molar-refractivity contribution < 1.29 is 41.3 Å². The van der Waals surface area contributed by atoms with E-state index < -0.39 is 48.6 Å². The van der Waals surface area contributed by atoms with E-state index in [1.54, 1.807) is 0 Å². The smallest absolute Gasteiger partial charge is 0.408 e. The molecule has 6 nitrogen and oxygen atoms in total. The van der Waals surface area contributed by atoms with E-state index >= 15 is 4.39 Å². The lowest BCUT2D eigenvalue weighted by molar-refractivity contribution is -0.190. The van der Waals surface area contributed by atoms with E-state index in [0.29, 0.717) is 24.2 Å². The topological polar surface area (TPSA) is 65.5 Å². The minimum Gasteiger partial charge on any atom is -0.493 e. The number of halogens is 7. The number of amides is 1. The standard InChI is InChI=1S/C30H31Cl2F5N2O4/c31-18-7-17(8-19(32)9-18)27(30(35,36)37)38-5-3-15(4-6-38)14-42-25-12-23(34)22(11-21(25)16-1-2-16)28(40)39-13-20(33)10-24(39)26-29(41)43-26/h7-9,11-12,15-16,20,24,26-27,29,41H,1-6,10,13-14H2/t20-,24+,26?,27?,29?/m1/s1. The molecule has 3 aliphatic heterocycles. The highest BCUT2D eigenvalue weighted by Gasteiger charge is 2.52. The van der Waals surface area contributed by atoms with Gasteiger partial charge in [-0.25, -0.2) is 8.78 Å². The summed E-state index contributed by atoms with van der Waals surface area (Å²) in [5.41, 5.74) is 0.491. The number of aliphatic hydroxyl groups is 1. The van der Waals surface area contributed by atoms with Crippen molar-refractivity contribution in [2.45, 2.75) is 74.8 Å². The van der Waals surface area contributed by atoms with Gasteiger partial charge in [-0.15, -0.1) is 0 Å². The molecule has 2 aromatic carbocycles. The fourth-order valence-electron chi connectivity index (χ4n) is 6.41. The molecule has 1 saturated carbocycles. The molecule has 5 atom stereocenters. The first kappa shape index (κ1) is 30.8. The number of piperidine rings is 1. The van der Waals surface area contributed by atoms with E-state index in [0.717, 1.165) is 12.8 Å². The summed E-state index contributed by atoms with van der Waals surface area (Å²) in [6.45, 7) is 0.330. The van der Waals surface area contributed by atoms with Crippen molar-refractivity contribution >= 4 is 29.1 Å². The molecule has 2 aromatic rings. The van der Waals surface area contributed by atoms with Crippen LogP contribution in [-0.4, -0.2) is 77.8 Å². The largest absolute Gasteiger partial charge is 0.493 e. The number of benzene rings is 2. The summed E-state index contributed by atoms with van der Waals surface area (Å²) < 4.78 is 83.0. The number of hydrogen-bond donors (Lipinski definition) is 1. The van der Waals surface area contributed by atoms with Gasteiger partial charge in [0.05, 0.1) is 24.8 Å². The van der Waals surface area contributed by atoms with Gasteiger partial charge in [-0.05, 0) is 86.0 Å². The molecule has 234 valence electrons. The van der Waals surface area contributed by atoms with Gasteiger partial charge in [0.15, 0.2) is 6.29 Å². The highest BCUT2D eigenvalue weighted by Crippen LogP contribution is 2.46. The fraction of sp³-hybridized carbons (Fsp3) is 0.567. The van der Waals surface area contributed by atoms with Crippen molar-refractivity contribution in [1.29, 1.82) is 0 Å². The van der Waals surface area contributed by atoms with Gasteiger partial charge in [0, 0.05) is 22.5 Å². The maximum absolute atomic E-state index is 15.3. The van der Waals surface area contributed by atoms with Crippen LogP contribution in [0.3, 0.4) is 0 Å². The van der Waals surface area contributed by atoms with Gasteiger partial charge in [-0.2, -0.15) is 13.2 Å². The molecule has 0 aromatic heterocycles. The lowest BCUT2D eigenvalue weighted by Gasteiger charge is -2.38. The Bertz CT molecular complexity index is 1350. The molecule has 43 heavy (non-hydrogen) atoms. The Morgan fingerprint density at radius 2 is 1.72 bits per heavy atom. The zero-order valence-electron chi connectivity index (χ0n) is 23.0. The molecule has 6 rings (SSSR count). The van der Waals surface area contributed by atoms with E-state index in [2.05, 4.69) is 0 Å². The maximum atomic E-state index is 15.3. The van der Waals surface area contributed by atoms with Crippen LogP contribution in [0.4, 0.5) is 22.0 Å². The molecule has 3 saturated heterocycles. The number of epoxide rings is 1. The molecule has 1 amide bonds. The van der Waals surface area contributed by atoms with Gasteiger partial charge in [0.1, 0.15) is 29.9 Å². The molecule has 0 radical (unpaired) electrons. The molecule has 1 aliphatic carbocycles. The summed E-state index contributed by atoms with van der Waals surface area (Å²) in [5.74, 6) is -1.11. The summed E-state index contributed by atoms with van der Waals surface area (Å²) in [7, 11) is 0. The van der Waals surface area contributed by atoms with E-state index in [1.807, 2.05) is 0 Å². The fourth-order valence-corrected chi connectivity index (χ4v) is 6.95. The Morgan fingerprint density at radius 3 is 2.30 bits per heavy atom. The van der Waals surface area contributed by atoms with Gasteiger partial charge in [-0.1, -0.05) is 23.2 Å². The number of carbonyl (C=O) groups excluding carboxylic acids is 1. The van der Waals surface area contributed by atoms with Crippen LogP contribution in [0.2, 0.25) is 10.0 Å². The number of likely N-dealkylation sites (tertiary alicyclic amines) is 2. The van der Waals surface area contributed by atoms with Gasteiger partial charge in [0.2, 0.25) is 0 Å². The molecule has 3 heterocycles. The second-order valence-electron chi connectivity index (χ2n) is 11.9. The SMILES string of the molecule is O=C(c1cc(C2CC2)c(OCC2CCN(C(c3cc(Cl)cc(Cl)c3)C(F)(F)F)CC2)cc1F)N1C[C@H](F)C[C@H]1C1OC1O. The predicted octanol–water partition coefficient (Wildman–Crippen LogP) is 6.67. The second-order valence-corrected chi connectivity index (χ2v) is 12.8. The number of aliphatic hydroxyl groups excluding tert-OH is 1. The number of carbonyl (C=O) groups is 1. The Morgan fingerprint density at radius 1 is 1.07 bits per heavy atom. The molecule has 0 bridgehead atoms. The Kier molecular flexibility index (Phi) is 8.58. The summed E-state index contributed by atoms with van der Waals surface area (Å²) in [5, 5.41) is 9.91. The van der Waals surface area contributed by atoms with Gasteiger partial charge in [-0.3, -0.25) is 9.69 Å². The lowest BCUT2D eigenvalue weighted by atomic mass is 9.94. The summed E-state index contributed by atoms with van der Waals surface area (Å²) in [6, 6.07) is 4.10. The minimum atomic E-state index is -4.53. The summed E-state index contributed by atoms with van der Waals surface area (Å²) in [4.78, 5) is 15.9. The number of alkyl halides is 4. The summed E-state index contributed by atoms with van der Waals surface area (Å²) in [6.07, 6.45) is -4.97. The highest BCUT2D eigenvalue weighted by molar-refractivity contribution is 6.34. The first-order valence-electron chi connectivity index (χ1n) is 14.4. The first-order valence-corrected chi connectivity index (χ1v) is 15.2. The molecular weight excluding hydrogens is 618 g/mol. The van der Waals surface area contributed by atoms with Crippen molar-refractivity contribution in [3.8, 4) is 5.75 Å². The second kappa shape index (κ2) is 12.0. The van der Waals surface area contributed by atoms with Gasteiger partial charge in [0.25, 0.3) is 5.91 Å². The Labute approximate surface area is 255 Å². The normalized spacial score (nSPS) is 27.4. The van der Waals surface area contributed by atoms with Crippen LogP contribution >= 0.6 is 23.2 Å². The monoisotopic (exact) mass is 648 g/mol. The van der Waals surface area contributed by atoms with Gasteiger partial charge < -0.3 is 19.5 Å². The molecule has 3 unspecified atom stereocenters. The summed E-state index contributed by atoms with van der Waals surface area (Å²) >= 11 is 12.0. The number of rotatable bonds is 8. The van der Waals surface area contributed by atoms with Crippen LogP contribution in [0, 0.1) is 11.7 Å². The van der Waals surface area contributed by atoms with Crippen molar-refractivity contribution in [1.82, 2.24) is 9.80 Å². The molecule has 13 heteroatoms. The Balaban J connectivity index is 1.12. The average Bonchev–Trinajstić information content (AvgIpc) is 3.85. The molecule has 4 aliphatic rings. The minimum absolute atomic E-state index is 0.0120. The Hall–Kier alpha value is -2.18. The zero-order valence-corrected chi connectivity index (χ0v) is 24.5. The van der Waals surface area contributed by atoms with Crippen LogP contribution in [0.5, 0.6) is 5.75 Å². The van der Waals surface area contributed by atoms with Crippen LogP contribution in [-0.2, 0) is 4.74 Å². The number of hydrogen-bond acceptors (Lipinski definition) is 5. The van der Waals surface area contributed by atoms with E-state index in [-0.39, 0.29) is 65.7 Å². The van der Waals surface area contributed by atoms with Crippen molar-refractivity contribution in [2.24, 2.45) is 5.92 Å². The quantitative estimate of drug-likeness (QED) is 0.256.